The molecule has 21 heavy (non-hydrogen) atoms. The van der Waals surface area contributed by atoms with Gasteiger partial charge in [-0.1, -0.05) is 19.8 Å². The zero-order valence-corrected chi connectivity index (χ0v) is 12.4. The van der Waals surface area contributed by atoms with E-state index < -0.39 is 5.97 Å². The van der Waals surface area contributed by atoms with Crippen LogP contribution in [-0.4, -0.2) is 39.9 Å². The summed E-state index contributed by atoms with van der Waals surface area (Å²) >= 11 is 0. The predicted molar refractivity (Wildman–Crippen MR) is 80.6 cm³/mol. The molecule has 0 fully saturated rings. The molecule has 1 aliphatic carbocycles. The Labute approximate surface area is 124 Å². The van der Waals surface area contributed by atoms with Crippen LogP contribution in [0.15, 0.2) is 17.2 Å². The number of pyridine rings is 1. The molecule has 2 heterocycles. The number of hydrazone groups is 1. The van der Waals surface area contributed by atoms with Crippen LogP contribution in [0, 0.1) is 5.92 Å². The Morgan fingerprint density at radius 2 is 2.29 bits per heavy atom. The minimum absolute atomic E-state index is 0.130. The molecular weight excluding hydrogens is 266 g/mol. The number of carbonyl (C=O) groups is 1. The first kappa shape index (κ1) is 14.0. The molecule has 0 saturated carbocycles. The molecule has 112 valence electrons. The van der Waals surface area contributed by atoms with E-state index in [0.29, 0.717) is 5.92 Å². The van der Waals surface area contributed by atoms with Crippen molar-refractivity contribution in [3.63, 3.8) is 0 Å². The number of unbranched alkanes of at least 4 members (excludes halogenated alkanes) is 2. The summed E-state index contributed by atoms with van der Waals surface area (Å²) in [6.07, 6.45) is 5.52. The largest absolute Gasteiger partial charge is 0.477 e. The number of aromatic carboxylic acids is 1. The number of nitrogens with zero attached hydrogens (tertiary/aromatic N) is 3. The van der Waals surface area contributed by atoms with Crippen molar-refractivity contribution in [2.24, 2.45) is 11.0 Å². The lowest BCUT2D eigenvalue weighted by Crippen LogP contribution is -2.26. The van der Waals surface area contributed by atoms with Crippen molar-refractivity contribution in [2.45, 2.75) is 39.0 Å². The zero-order valence-electron chi connectivity index (χ0n) is 12.4. The van der Waals surface area contributed by atoms with E-state index in [4.69, 9.17) is 10.2 Å². The minimum atomic E-state index is -0.963. The number of fused-ring (bicyclic) bond motifs is 3. The van der Waals surface area contributed by atoms with Gasteiger partial charge >= 0.3 is 5.97 Å². The van der Waals surface area contributed by atoms with Crippen LogP contribution >= 0.6 is 0 Å². The Hall–Kier alpha value is -1.91. The third-order valence-corrected chi connectivity index (χ3v) is 4.29. The summed E-state index contributed by atoms with van der Waals surface area (Å²) < 4.78 is 0. The van der Waals surface area contributed by atoms with E-state index in [1.165, 1.54) is 19.3 Å². The van der Waals surface area contributed by atoms with Crippen molar-refractivity contribution in [3.05, 3.63) is 29.1 Å². The van der Waals surface area contributed by atoms with Gasteiger partial charge in [-0.3, -0.25) is 5.01 Å². The highest BCUT2D eigenvalue weighted by Gasteiger charge is 2.33. The van der Waals surface area contributed by atoms with Crippen LogP contribution in [0.25, 0.3) is 0 Å². The lowest BCUT2D eigenvalue weighted by molar-refractivity contribution is 0.0690. The van der Waals surface area contributed by atoms with Crippen molar-refractivity contribution >= 4 is 11.7 Å². The molecule has 1 N–H and O–H groups in total. The van der Waals surface area contributed by atoms with Gasteiger partial charge in [-0.15, -0.1) is 0 Å². The summed E-state index contributed by atoms with van der Waals surface area (Å²) in [7, 11) is 0. The zero-order chi connectivity index (χ0) is 14.8. The Kier molecular flexibility index (Phi) is 3.90. The molecule has 0 bridgehead atoms. The lowest BCUT2D eigenvalue weighted by Gasteiger charge is -2.21. The van der Waals surface area contributed by atoms with Crippen molar-refractivity contribution in [1.29, 1.82) is 0 Å². The summed E-state index contributed by atoms with van der Waals surface area (Å²) in [6.45, 7) is 4.22. The maximum absolute atomic E-state index is 11.0. The van der Waals surface area contributed by atoms with Crippen LogP contribution in [0.4, 0.5) is 0 Å². The number of hydrogen-bond donors (Lipinski definition) is 1. The number of carboxylic acids is 1. The topological polar surface area (TPSA) is 65.8 Å². The fourth-order valence-corrected chi connectivity index (χ4v) is 3.16. The van der Waals surface area contributed by atoms with E-state index in [1.54, 1.807) is 6.07 Å². The van der Waals surface area contributed by atoms with Gasteiger partial charge < -0.3 is 5.11 Å². The van der Waals surface area contributed by atoms with Crippen LogP contribution in [0.2, 0.25) is 0 Å². The number of hydrogen-bond acceptors (Lipinski definition) is 4. The van der Waals surface area contributed by atoms with Gasteiger partial charge in [-0.05, 0) is 31.4 Å². The average molecular weight is 287 g/mol. The second-order valence-corrected chi connectivity index (χ2v) is 5.84. The van der Waals surface area contributed by atoms with E-state index in [1.807, 2.05) is 6.07 Å². The summed E-state index contributed by atoms with van der Waals surface area (Å²) in [6, 6.07) is 3.47. The standard InChI is InChI=1S/C16H21N3O2/c1-2-3-4-9-19-10-11-5-7-13-12(15(11)18-19)6-8-14(17-13)16(20)21/h6,8,11H,2-5,7,9-10H2,1H3,(H,20,21). The molecule has 1 aromatic rings. The molecule has 0 aromatic carbocycles. The quantitative estimate of drug-likeness (QED) is 0.845. The third kappa shape index (κ3) is 2.77. The van der Waals surface area contributed by atoms with E-state index in [2.05, 4.69) is 16.9 Å². The van der Waals surface area contributed by atoms with Crippen LogP contribution in [0.3, 0.4) is 0 Å². The Bertz CT molecular complexity index is 583. The van der Waals surface area contributed by atoms with Gasteiger partial charge in [0.2, 0.25) is 0 Å². The van der Waals surface area contributed by atoms with Gasteiger partial charge in [0.25, 0.3) is 0 Å². The second-order valence-electron chi connectivity index (χ2n) is 5.84. The Balaban J connectivity index is 1.80. The molecule has 0 saturated heterocycles. The van der Waals surface area contributed by atoms with Gasteiger partial charge in [0, 0.05) is 24.6 Å². The normalized spacial score (nSPS) is 20.0. The summed E-state index contributed by atoms with van der Waals surface area (Å²) in [4.78, 5) is 15.3. The minimum Gasteiger partial charge on any atom is -0.477 e. The molecule has 5 nitrogen and oxygen atoms in total. The van der Waals surface area contributed by atoms with Gasteiger partial charge in [0.1, 0.15) is 5.69 Å². The molecule has 2 aliphatic rings. The molecule has 1 unspecified atom stereocenters. The fraction of sp³-hybridized carbons (Fsp3) is 0.562. The highest BCUT2D eigenvalue weighted by atomic mass is 16.4. The van der Waals surface area contributed by atoms with Crippen LogP contribution < -0.4 is 0 Å². The van der Waals surface area contributed by atoms with E-state index in [-0.39, 0.29) is 5.69 Å². The highest BCUT2D eigenvalue weighted by Crippen LogP contribution is 2.30. The fourth-order valence-electron chi connectivity index (χ4n) is 3.16. The van der Waals surface area contributed by atoms with Gasteiger partial charge in [-0.25, -0.2) is 9.78 Å². The lowest BCUT2D eigenvalue weighted by atomic mass is 9.85. The van der Waals surface area contributed by atoms with Crippen molar-refractivity contribution in [3.8, 4) is 0 Å². The highest BCUT2D eigenvalue weighted by molar-refractivity contribution is 6.05. The summed E-state index contributed by atoms with van der Waals surface area (Å²) in [5.41, 5.74) is 3.18. The van der Waals surface area contributed by atoms with Crippen molar-refractivity contribution in [2.75, 3.05) is 13.1 Å². The molecule has 5 heteroatoms. The predicted octanol–water partition coefficient (Wildman–Crippen LogP) is 2.55. The van der Waals surface area contributed by atoms with E-state index >= 15 is 0 Å². The molecule has 1 aliphatic heterocycles. The first-order valence-electron chi connectivity index (χ1n) is 7.76. The maximum Gasteiger partial charge on any atom is 0.354 e. The molecule has 0 amide bonds. The summed E-state index contributed by atoms with van der Waals surface area (Å²) in [5.74, 6) is -0.480. The van der Waals surface area contributed by atoms with Gasteiger partial charge in [0.05, 0.1) is 11.4 Å². The number of aryl methyl sites for hydroxylation is 1. The smallest absolute Gasteiger partial charge is 0.354 e. The molecule has 1 aromatic heterocycles. The van der Waals surface area contributed by atoms with Crippen molar-refractivity contribution in [1.82, 2.24) is 9.99 Å². The van der Waals surface area contributed by atoms with Crippen LogP contribution in [-0.2, 0) is 6.42 Å². The second kappa shape index (κ2) is 5.84. The first-order chi connectivity index (χ1) is 10.2. The monoisotopic (exact) mass is 287 g/mol. The molecular formula is C16H21N3O2. The SMILES string of the molecule is CCCCCN1CC2CCc3nc(C(=O)O)ccc3C2=N1. The van der Waals surface area contributed by atoms with Crippen LogP contribution in [0.5, 0.6) is 0 Å². The molecule has 0 radical (unpaired) electrons. The van der Waals surface area contributed by atoms with Gasteiger partial charge in [0.15, 0.2) is 0 Å². The van der Waals surface area contributed by atoms with Crippen molar-refractivity contribution < 1.29 is 9.90 Å². The van der Waals surface area contributed by atoms with E-state index in [0.717, 1.165) is 42.9 Å². The Morgan fingerprint density at radius 1 is 1.43 bits per heavy atom. The molecule has 0 spiro atoms. The van der Waals surface area contributed by atoms with Gasteiger partial charge in [-0.2, -0.15) is 5.10 Å². The number of aromatic nitrogens is 1. The number of rotatable bonds is 5. The Morgan fingerprint density at radius 3 is 3.05 bits per heavy atom. The third-order valence-electron chi connectivity index (χ3n) is 4.29. The van der Waals surface area contributed by atoms with E-state index in [9.17, 15) is 4.79 Å². The molecule has 1 atom stereocenters. The maximum atomic E-state index is 11.0. The van der Waals surface area contributed by atoms with Crippen LogP contribution in [0.1, 0.15) is 54.4 Å². The summed E-state index contributed by atoms with van der Waals surface area (Å²) in [5, 5.41) is 16.0. The number of carboxylic acid groups (broad SMARTS) is 1. The average Bonchev–Trinajstić information content (AvgIpc) is 2.90. The first-order valence-corrected chi connectivity index (χ1v) is 7.76. The molecule has 3 rings (SSSR count).